The van der Waals surface area contributed by atoms with Crippen LogP contribution >= 0.6 is 0 Å². The number of anilines is 3. The van der Waals surface area contributed by atoms with Crippen molar-refractivity contribution in [3.8, 4) is 6.07 Å². The monoisotopic (exact) mass is 333 g/mol. The molecule has 0 atom stereocenters. The lowest BCUT2D eigenvalue weighted by atomic mass is 10.00. The van der Waals surface area contributed by atoms with Crippen molar-refractivity contribution in [1.29, 1.82) is 5.26 Å². The number of piperidine rings is 1. The minimum Gasteiger partial charge on any atom is -0.341 e. The first kappa shape index (κ1) is 15.4. The van der Waals surface area contributed by atoms with Crippen LogP contribution in [0.4, 0.5) is 17.6 Å². The maximum absolute atomic E-state index is 9.19. The summed E-state index contributed by atoms with van der Waals surface area (Å²) in [6, 6.07) is 10.00. The Morgan fingerprint density at radius 1 is 1.24 bits per heavy atom. The number of nitriles is 1. The molecule has 3 aromatic rings. The first-order chi connectivity index (χ1) is 12.2. The van der Waals surface area contributed by atoms with Crippen molar-refractivity contribution in [3.05, 3.63) is 36.0 Å². The summed E-state index contributed by atoms with van der Waals surface area (Å²) in [6.07, 6.45) is 3.80. The first-order valence-electron chi connectivity index (χ1n) is 8.47. The number of aromatic amines is 1. The number of benzene rings is 1. The van der Waals surface area contributed by atoms with Crippen LogP contribution in [-0.2, 0) is 0 Å². The number of nitrogens with one attached hydrogen (secondary N) is 2. The van der Waals surface area contributed by atoms with E-state index in [1.807, 2.05) is 24.3 Å². The van der Waals surface area contributed by atoms with E-state index in [9.17, 15) is 5.26 Å². The summed E-state index contributed by atoms with van der Waals surface area (Å²) in [5, 5.41) is 20.1. The second-order valence-electron chi connectivity index (χ2n) is 6.45. The first-order valence-corrected chi connectivity index (χ1v) is 8.47. The molecule has 0 bridgehead atoms. The SMILES string of the molecule is CC1CCN(c2nc(Nc3[nH]ncc3C#N)c3ccccc3n2)CC1. The lowest BCUT2D eigenvalue weighted by Crippen LogP contribution is -2.34. The minimum absolute atomic E-state index is 0.455. The topological polar surface area (TPSA) is 93.5 Å². The van der Waals surface area contributed by atoms with Gasteiger partial charge < -0.3 is 10.2 Å². The molecular formula is C18H19N7. The molecule has 3 heterocycles. The highest BCUT2D eigenvalue weighted by molar-refractivity contribution is 5.91. The van der Waals surface area contributed by atoms with Crippen LogP contribution in [0.5, 0.6) is 0 Å². The smallest absolute Gasteiger partial charge is 0.227 e. The van der Waals surface area contributed by atoms with Gasteiger partial charge in [0.25, 0.3) is 0 Å². The summed E-state index contributed by atoms with van der Waals surface area (Å²) >= 11 is 0. The van der Waals surface area contributed by atoms with Crippen LogP contribution in [-0.4, -0.2) is 33.3 Å². The van der Waals surface area contributed by atoms with Crippen molar-refractivity contribution in [3.63, 3.8) is 0 Å². The molecule has 1 aliphatic rings. The van der Waals surface area contributed by atoms with E-state index in [2.05, 4.69) is 33.4 Å². The number of fused-ring (bicyclic) bond motifs is 1. The molecular weight excluding hydrogens is 314 g/mol. The minimum atomic E-state index is 0.455. The fourth-order valence-electron chi connectivity index (χ4n) is 3.09. The van der Waals surface area contributed by atoms with E-state index in [0.29, 0.717) is 17.2 Å². The van der Waals surface area contributed by atoms with Gasteiger partial charge in [-0.25, -0.2) is 4.98 Å². The molecule has 126 valence electrons. The Morgan fingerprint density at radius 3 is 2.84 bits per heavy atom. The average Bonchev–Trinajstić information content (AvgIpc) is 3.09. The van der Waals surface area contributed by atoms with Crippen molar-refractivity contribution >= 4 is 28.5 Å². The molecule has 0 spiro atoms. The largest absolute Gasteiger partial charge is 0.341 e. The maximum Gasteiger partial charge on any atom is 0.227 e. The van der Waals surface area contributed by atoms with Gasteiger partial charge in [0.1, 0.15) is 23.3 Å². The molecule has 4 rings (SSSR count). The van der Waals surface area contributed by atoms with E-state index < -0.39 is 0 Å². The highest BCUT2D eigenvalue weighted by Gasteiger charge is 2.20. The highest BCUT2D eigenvalue weighted by Crippen LogP contribution is 2.28. The summed E-state index contributed by atoms with van der Waals surface area (Å²) < 4.78 is 0. The van der Waals surface area contributed by atoms with Crippen molar-refractivity contribution in [2.45, 2.75) is 19.8 Å². The third-order valence-corrected chi connectivity index (χ3v) is 4.66. The molecule has 25 heavy (non-hydrogen) atoms. The molecule has 0 aliphatic carbocycles. The van der Waals surface area contributed by atoms with Crippen LogP contribution in [0, 0.1) is 17.2 Å². The third-order valence-electron chi connectivity index (χ3n) is 4.66. The van der Waals surface area contributed by atoms with Crippen LogP contribution in [0.15, 0.2) is 30.5 Å². The zero-order chi connectivity index (χ0) is 17.2. The quantitative estimate of drug-likeness (QED) is 0.764. The Balaban J connectivity index is 1.75. The maximum atomic E-state index is 9.19. The number of rotatable bonds is 3. The van der Waals surface area contributed by atoms with Gasteiger partial charge in [0.05, 0.1) is 11.7 Å². The van der Waals surface area contributed by atoms with E-state index in [0.717, 1.165) is 48.7 Å². The molecule has 0 amide bonds. The predicted octanol–water partition coefficient (Wildman–Crippen LogP) is 3.20. The van der Waals surface area contributed by atoms with Crippen molar-refractivity contribution in [2.24, 2.45) is 5.92 Å². The summed E-state index contributed by atoms with van der Waals surface area (Å²) in [5.41, 5.74) is 1.34. The van der Waals surface area contributed by atoms with Gasteiger partial charge in [-0.2, -0.15) is 15.3 Å². The summed E-state index contributed by atoms with van der Waals surface area (Å²) in [4.78, 5) is 11.7. The molecule has 0 saturated carbocycles. The van der Waals surface area contributed by atoms with Gasteiger partial charge in [0.15, 0.2) is 0 Å². The Bertz CT molecular complexity index is 932. The molecule has 1 saturated heterocycles. The van der Waals surface area contributed by atoms with Gasteiger partial charge in [-0.1, -0.05) is 19.1 Å². The molecule has 1 aromatic carbocycles. The lowest BCUT2D eigenvalue weighted by Gasteiger charge is -2.30. The van der Waals surface area contributed by atoms with E-state index in [1.54, 1.807) is 0 Å². The van der Waals surface area contributed by atoms with Gasteiger partial charge in [0.2, 0.25) is 5.95 Å². The number of nitrogens with zero attached hydrogens (tertiary/aromatic N) is 5. The Hall–Kier alpha value is -3.14. The van der Waals surface area contributed by atoms with E-state index >= 15 is 0 Å². The van der Waals surface area contributed by atoms with Crippen LogP contribution in [0.25, 0.3) is 10.9 Å². The molecule has 7 heteroatoms. The second-order valence-corrected chi connectivity index (χ2v) is 6.45. The molecule has 1 fully saturated rings. The molecule has 2 aromatic heterocycles. The average molecular weight is 333 g/mol. The van der Waals surface area contributed by atoms with Gasteiger partial charge in [-0.15, -0.1) is 0 Å². The Morgan fingerprint density at radius 2 is 2.04 bits per heavy atom. The van der Waals surface area contributed by atoms with Crippen molar-refractivity contribution in [2.75, 3.05) is 23.3 Å². The van der Waals surface area contributed by atoms with Crippen molar-refractivity contribution in [1.82, 2.24) is 20.2 Å². The second kappa shape index (κ2) is 6.40. The lowest BCUT2D eigenvalue weighted by molar-refractivity contribution is 0.435. The van der Waals surface area contributed by atoms with Crippen LogP contribution < -0.4 is 10.2 Å². The Labute approximate surface area is 145 Å². The van der Waals surface area contributed by atoms with Crippen LogP contribution in [0.1, 0.15) is 25.3 Å². The third kappa shape index (κ3) is 2.98. The molecule has 0 unspecified atom stereocenters. The number of para-hydroxylation sites is 1. The fourth-order valence-corrected chi connectivity index (χ4v) is 3.09. The fraction of sp³-hybridized carbons (Fsp3) is 0.333. The molecule has 7 nitrogen and oxygen atoms in total. The van der Waals surface area contributed by atoms with E-state index in [1.165, 1.54) is 6.20 Å². The standard InChI is InChI=1S/C18H19N7/c1-12-6-8-25(9-7-12)18-21-15-5-3-2-4-14(15)17(23-18)22-16-13(10-19)11-20-24-16/h2-5,11-12H,6-9H2,1H3,(H2,20,21,22,23,24). The zero-order valence-corrected chi connectivity index (χ0v) is 14.0. The molecule has 1 aliphatic heterocycles. The number of hydrogen-bond donors (Lipinski definition) is 2. The van der Waals surface area contributed by atoms with Gasteiger partial charge >= 0.3 is 0 Å². The predicted molar refractivity (Wildman–Crippen MR) is 96.7 cm³/mol. The molecule has 2 N–H and O–H groups in total. The summed E-state index contributed by atoms with van der Waals surface area (Å²) in [6.45, 7) is 4.21. The normalized spacial score (nSPS) is 15.3. The van der Waals surface area contributed by atoms with Crippen LogP contribution in [0.3, 0.4) is 0 Å². The number of hydrogen-bond acceptors (Lipinski definition) is 6. The number of H-pyrrole nitrogens is 1. The van der Waals surface area contributed by atoms with Gasteiger partial charge in [-0.05, 0) is 30.9 Å². The molecule has 0 radical (unpaired) electrons. The summed E-state index contributed by atoms with van der Waals surface area (Å²) in [5.74, 6) is 2.70. The Kier molecular flexibility index (Phi) is 3.94. The van der Waals surface area contributed by atoms with E-state index in [4.69, 9.17) is 9.97 Å². The highest BCUT2D eigenvalue weighted by atomic mass is 15.3. The van der Waals surface area contributed by atoms with Gasteiger partial charge in [0, 0.05) is 18.5 Å². The van der Waals surface area contributed by atoms with E-state index in [-0.39, 0.29) is 0 Å². The number of aromatic nitrogens is 4. The van der Waals surface area contributed by atoms with Crippen molar-refractivity contribution < 1.29 is 0 Å². The van der Waals surface area contributed by atoms with Crippen LogP contribution in [0.2, 0.25) is 0 Å². The summed E-state index contributed by atoms with van der Waals surface area (Å²) in [7, 11) is 0. The van der Waals surface area contributed by atoms with Gasteiger partial charge in [-0.3, -0.25) is 5.10 Å². The zero-order valence-electron chi connectivity index (χ0n) is 14.0.